The molecule has 23 rings (SSSR count). The van der Waals surface area contributed by atoms with Gasteiger partial charge in [0.1, 0.15) is 30.8 Å². The van der Waals surface area contributed by atoms with E-state index < -0.39 is 10.8 Å². The van der Waals surface area contributed by atoms with E-state index in [2.05, 4.69) is 193 Å². The fourth-order valence-corrected chi connectivity index (χ4v) is 21.6. The normalized spacial score (nSPS) is 22.4. The lowest BCUT2D eigenvalue weighted by Gasteiger charge is -2.37. The van der Waals surface area contributed by atoms with Crippen LogP contribution < -0.4 is 19.6 Å². The van der Waals surface area contributed by atoms with Crippen LogP contribution in [0.4, 0.5) is 22.7 Å². The number of aryl methyl sites for hydroxylation is 3. The molecule has 30 heteroatoms. The van der Waals surface area contributed by atoms with Crippen LogP contribution in [0.15, 0.2) is 192 Å². The second-order valence-electron chi connectivity index (χ2n) is 38.2. The number of fused-ring (bicyclic) bond motifs is 3. The number of likely N-dealkylation sites (tertiary alicyclic amines) is 3. The van der Waals surface area contributed by atoms with Crippen molar-refractivity contribution >= 4 is 87.0 Å². The molecular weight excluding hydrogens is 1660 g/mol. The predicted molar refractivity (Wildman–Crippen MR) is 504 cm³/mol. The summed E-state index contributed by atoms with van der Waals surface area (Å²) in [6.45, 7) is 17.1. The first kappa shape index (κ1) is 85.2. The van der Waals surface area contributed by atoms with Gasteiger partial charge in [-0.25, -0.2) is 15.0 Å². The molecule has 6 aromatic carbocycles. The average Bonchev–Trinajstić information content (AvgIpc) is 1.43. The van der Waals surface area contributed by atoms with Crippen molar-refractivity contribution < 1.29 is 28.8 Å². The lowest BCUT2D eigenvalue weighted by molar-refractivity contribution is -0.133. The number of hydrogen-bond acceptors (Lipinski definition) is 21. The van der Waals surface area contributed by atoms with E-state index in [1.165, 1.54) is 46.2 Å². The second kappa shape index (κ2) is 34.9. The fraction of sp³-hybridized carbons (Fsp3) is 0.402. The Labute approximate surface area is 767 Å². The highest BCUT2D eigenvalue weighted by molar-refractivity contribution is 6.17. The maximum absolute atomic E-state index is 14.1. The van der Waals surface area contributed by atoms with E-state index in [4.69, 9.17) is 4.99 Å². The van der Waals surface area contributed by atoms with Gasteiger partial charge in [0.2, 0.25) is 35.4 Å². The Morgan fingerprint density at radius 1 is 0.409 bits per heavy atom. The lowest BCUT2D eigenvalue weighted by Crippen LogP contribution is -2.51. The maximum atomic E-state index is 14.1. The lowest BCUT2D eigenvalue weighted by atomic mass is 9.85. The average molecular weight is 1770 g/mol. The molecule has 30 nitrogen and oxygen atoms in total. The number of nitrogens with zero attached hydrogens (tertiary/aromatic N) is 24. The fourth-order valence-electron chi connectivity index (χ4n) is 21.6. The molecule has 4 aromatic heterocycles. The van der Waals surface area contributed by atoms with Gasteiger partial charge in [0.05, 0.1) is 61.2 Å². The summed E-state index contributed by atoms with van der Waals surface area (Å²) in [5.74, 6) is 3.08. The molecular formula is C102H108N24O6. The van der Waals surface area contributed by atoms with Gasteiger partial charge in [-0.3, -0.25) is 77.5 Å². The van der Waals surface area contributed by atoms with Gasteiger partial charge in [0.25, 0.3) is 0 Å². The van der Waals surface area contributed by atoms with Crippen molar-refractivity contribution in [2.24, 2.45) is 52.4 Å². The van der Waals surface area contributed by atoms with E-state index in [9.17, 15) is 34.0 Å². The summed E-state index contributed by atoms with van der Waals surface area (Å²) in [5.41, 5.74) is 20.8. The number of amides is 6. The maximum Gasteiger partial charge on any atom is 0.237 e. The van der Waals surface area contributed by atoms with Gasteiger partial charge in [0.15, 0.2) is 17.5 Å². The van der Waals surface area contributed by atoms with Crippen LogP contribution in [0, 0.1) is 27.6 Å². The van der Waals surface area contributed by atoms with Crippen LogP contribution in [-0.2, 0) is 75.0 Å². The van der Waals surface area contributed by atoms with Crippen LogP contribution >= 0.6 is 0 Å². The van der Waals surface area contributed by atoms with Gasteiger partial charge in [-0.2, -0.15) is 20.6 Å². The number of aromatic nitrogens is 10. The van der Waals surface area contributed by atoms with Gasteiger partial charge in [-0.05, 0) is 201 Å². The zero-order chi connectivity index (χ0) is 90.2. The van der Waals surface area contributed by atoms with Crippen molar-refractivity contribution in [1.82, 2.24) is 78.7 Å². The number of hydrogen-bond donors (Lipinski definition) is 0. The molecule has 6 amide bonds. The number of anilines is 4. The number of rotatable bonds is 17. The second-order valence-corrected chi connectivity index (χ2v) is 38.2. The number of carbonyl (C=O) groups excluding carboxylic acids is 6. The third-order valence-electron chi connectivity index (χ3n) is 29.8. The Kier molecular flexibility index (Phi) is 22.5. The highest BCUT2D eigenvalue weighted by atomic mass is 16.2. The molecule has 0 bridgehead atoms. The van der Waals surface area contributed by atoms with E-state index in [-0.39, 0.29) is 46.3 Å². The number of aliphatic imine (C=N–C) groups is 3. The molecule has 13 aliphatic rings. The summed E-state index contributed by atoms with van der Waals surface area (Å²) in [5, 5.41) is 22.5. The van der Waals surface area contributed by atoms with Crippen LogP contribution in [0.25, 0.3) is 45.3 Å². The Hall–Kier alpha value is -13.6. The van der Waals surface area contributed by atoms with Gasteiger partial charge in [-0.1, -0.05) is 85.8 Å². The van der Waals surface area contributed by atoms with Crippen LogP contribution in [0.1, 0.15) is 127 Å². The number of piperazine rings is 1. The number of benzene rings is 6. The standard InChI is InChI=1S/C40H42N8O2.C31H33N9O2.C31H33N7O2/c1-39(12-13-39)34-21-30(9-16-41-34)36-33-22-32(8-7-31(33)23-42-36)48-20-15-40(38(48)50)14-19-46(25-40)24-35(49)47-17-10-28(11-18-47)27-3-5-29(6-4-27)37-43-26-45(2)44-37;1-36-21-34-29(35-36)22-2-5-24(6-3-22)38-12-14-39(15-13-38)28(41)19-37-10-8-31(20-37)9-11-40(30(31)42)25-7-4-23-18-33-27(17-32)26(23)16-25;1-35-21-33-29(34-35)24-4-2-22(3-5-24)23-8-12-37(13-9-23)28(39)19-36-14-10-31(20-36)11-15-38(30(31)40)27-7-6-25-17-32-18-26(25)16-27/h3-10,16,21-22,26H,11-15,17-20,23-25H2,1-2H3;2-7,16,21H,8-15,18-20H2,1H3;2-8,16,18,21H,9-15,17,19-20H2,1H3/t40-;2*31-/m000/s1. The van der Waals surface area contributed by atoms with E-state index in [1.807, 2.05) is 99.4 Å². The number of pyridine rings is 1. The summed E-state index contributed by atoms with van der Waals surface area (Å²) in [6, 6.07) is 49.8. The van der Waals surface area contributed by atoms with E-state index in [0.29, 0.717) is 116 Å². The SMILES string of the molecule is Cn1cnc(-c2ccc(C3=CCN(C(=O)CN4CC[C@]5(CCN(c6ccc7c(c6)C(c6ccnc(C8(C)CC8)c6)=NC7)C5=O)C4)CC3)cc2)n1.Cn1cnc(-c2ccc(C3=CCN(C(=O)CN4CC[C@]5(CCN(c6ccc7c(c6)C=NC7)C5=O)C4)CC3)cc2)n1.Cn1cnc(-c2ccc(N3CCN(C(=O)CN4CC[C@]5(CCN(c6ccc7c(c6)C(C#N)=NC7)C5=O)C4)CC3)cc2)n1. The van der Waals surface area contributed by atoms with Gasteiger partial charge < -0.3 is 34.3 Å². The van der Waals surface area contributed by atoms with Crippen molar-refractivity contribution in [1.29, 1.82) is 5.26 Å². The first-order valence-corrected chi connectivity index (χ1v) is 46.5. The van der Waals surface area contributed by atoms with Crippen LogP contribution in [0.2, 0.25) is 0 Å². The van der Waals surface area contributed by atoms with E-state index >= 15 is 0 Å². The van der Waals surface area contributed by atoms with Crippen molar-refractivity contribution in [2.45, 2.75) is 96.2 Å². The first-order chi connectivity index (χ1) is 64.2. The summed E-state index contributed by atoms with van der Waals surface area (Å²) >= 11 is 0. The number of carbonyl (C=O) groups is 6. The topological polar surface area (TPSA) is 301 Å². The minimum absolute atomic E-state index is 0.129. The van der Waals surface area contributed by atoms with Crippen molar-refractivity contribution in [2.75, 3.05) is 150 Å². The van der Waals surface area contributed by atoms with Crippen LogP contribution in [0.3, 0.4) is 0 Å². The summed E-state index contributed by atoms with van der Waals surface area (Å²) in [6.07, 6.45) is 22.1. The molecule has 1 aliphatic carbocycles. The predicted octanol–water partition coefficient (Wildman–Crippen LogP) is 10.3. The highest BCUT2D eigenvalue weighted by Gasteiger charge is 2.55. The smallest absolute Gasteiger partial charge is 0.237 e. The minimum atomic E-state index is -0.443. The molecule has 3 spiro atoms. The third kappa shape index (κ3) is 16.7. The molecule has 3 atom stereocenters. The Bertz CT molecular complexity index is 6440. The first-order valence-electron chi connectivity index (χ1n) is 46.5. The van der Waals surface area contributed by atoms with Crippen molar-refractivity contribution in [3.05, 3.63) is 233 Å². The molecule has 16 heterocycles. The Balaban J connectivity index is 0.000000120. The van der Waals surface area contributed by atoms with Gasteiger partial charge in [-0.15, -0.1) is 0 Å². The monoisotopic (exact) mass is 1760 g/mol. The molecule has 132 heavy (non-hydrogen) atoms. The molecule has 1 saturated carbocycles. The Morgan fingerprint density at radius 2 is 0.833 bits per heavy atom. The van der Waals surface area contributed by atoms with Crippen molar-refractivity contribution in [3.8, 4) is 40.2 Å². The largest absolute Gasteiger partial charge is 0.368 e. The highest BCUT2D eigenvalue weighted by Crippen LogP contribution is 2.49. The summed E-state index contributed by atoms with van der Waals surface area (Å²) in [7, 11) is 5.58. The third-order valence-corrected chi connectivity index (χ3v) is 29.8. The molecule has 0 radical (unpaired) electrons. The zero-order valence-electron chi connectivity index (χ0n) is 75.3. The minimum Gasteiger partial charge on any atom is -0.368 e. The van der Waals surface area contributed by atoms with Gasteiger partial charge >= 0.3 is 0 Å². The van der Waals surface area contributed by atoms with E-state index in [1.54, 1.807) is 33.0 Å². The molecule has 12 aliphatic heterocycles. The van der Waals surface area contributed by atoms with E-state index in [0.717, 1.165) is 187 Å². The van der Waals surface area contributed by atoms with Gasteiger partial charge in [0, 0.05) is 192 Å². The van der Waals surface area contributed by atoms with Crippen LogP contribution in [-0.4, -0.2) is 263 Å². The molecule has 7 saturated heterocycles. The van der Waals surface area contributed by atoms with Crippen LogP contribution in [0.5, 0.6) is 0 Å². The quantitative estimate of drug-likeness (QED) is 0.0818. The summed E-state index contributed by atoms with van der Waals surface area (Å²) in [4.78, 5) is 133. The molecule has 8 fully saturated rings. The molecule has 672 valence electrons. The van der Waals surface area contributed by atoms with Crippen molar-refractivity contribution in [3.63, 3.8) is 0 Å². The zero-order valence-corrected chi connectivity index (χ0v) is 75.3. The summed E-state index contributed by atoms with van der Waals surface area (Å²) < 4.78 is 5.10. The molecule has 10 aromatic rings. The molecule has 0 unspecified atom stereocenters. The Morgan fingerprint density at radius 3 is 1.29 bits per heavy atom. The molecule has 0 N–H and O–H groups in total. The number of nitriles is 1.